The molecule has 4 heteroatoms. The molecule has 3 rings (SSSR count). The number of hydrogen-bond donors (Lipinski definition) is 0. The molecular formula is C23H27NO3. The van der Waals surface area contributed by atoms with Crippen molar-refractivity contribution in [2.45, 2.75) is 58.6 Å². The van der Waals surface area contributed by atoms with Gasteiger partial charge in [-0.3, -0.25) is 9.59 Å². The van der Waals surface area contributed by atoms with Gasteiger partial charge in [-0.05, 0) is 38.5 Å². The molecule has 2 atom stereocenters. The van der Waals surface area contributed by atoms with Crippen molar-refractivity contribution in [2.24, 2.45) is 0 Å². The van der Waals surface area contributed by atoms with Crippen LogP contribution in [0.4, 0.5) is 5.69 Å². The lowest BCUT2D eigenvalue weighted by molar-refractivity contribution is -0.150. The Morgan fingerprint density at radius 3 is 2.59 bits per heavy atom. The Bertz CT molecular complexity index is 816. The number of anilines is 1. The second-order valence-corrected chi connectivity index (χ2v) is 7.27. The molecule has 27 heavy (non-hydrogen) atoms. The zero-order valence-corrected chi connectivity index (χ0v) is 16.3. The van der Waals surface area contributed by atoms with Crippen LogP contribution in [0.2, 0.25) is 0 Å². The lowest BCUT2D eigenvalue weighted by atomic mass is 9.91. The van der Waals surface area contributed by atoms with E-state index in [-0.39, 0.29) is 24.0 Å². The molecule has 0 bridgehead atoms. The molecule has 1 aliphatic rings. The lowest BCUT2D eigenvalue weighted by Gasteiger charge is -2.39. The Morgan fingerprint density at radius 2 is 1.89 bits per heavy atom. The molecule has 0 saturated heterocycles. The summed E-state index contributed by atoms with van der Waals surface area (Å²) in [5.41, 5.74) is 3.50. The summed E-state index contributed by atoms with van der Waals surface area (Å²) in [5, 5.41) is 0. The minimum Gasteiger partial charge on any atom is -0.457 e. The third-order valence-corrected chi connectivity index (χ3v) is 5.03. The van der Waals surface area contributed by atoms with E-state index < -0.39 is 0 Å². The topological polar surface area (TPSA) is 46.6 Å². The highest BCUT2D eigenvalue weighted by atomic mass is 16.5. The number of nitrogens with zero attached hydrogens (tertiary/aromatic N) is 1. The van der Waals surface area contributed by atoms with Crippen LogP contribution in [0.3, 0.4) is 0 Å². The first-order valence-corrected chi connectivity index (χ1v) is 9.70. The predicted molar refractivity (Wildman–Crippen MR) is 107 cm³/mol. The molecule has 0 aliphatic carbocycles. The molecule has 1 heterocycles. The van der Waals surface area contributed by atoms with Gasteiger partial charge in [-0.1, -0.05) is 49.2 Å². The molecule has 1 amide bonds. The van der Waals surface area contributed by atoms with Crippen molar-refractivity contribution in [3.05, 3.63) is 65.2 Å². The molecular weight excluding hydrogens is 338 g/mol. The fraction of sp³-hybridized carbons (Fsp3) is 0.391. The SMILES string of the molecule is CCCCC(=O)O[C@@H]1C[C@H](C)N(C(=O)c2ccccc2)c2ccc(C)cc21. The van der Waals surface area contributed by atoms with Crippen LogP contribution in [-0.2, 0) is 9.53 Å². The molecule has 1 aliphatic heterocycles. The van der Waals surface area contributed by atoms with Gasteiger partial charge in [0.25, 0.3) is 5.91 Å². The quantitative estimate of drug-likeness (QED) is 0.684. The van der Waals surface area contributed by atoms with Crippen molar-refractivity contribution < 1.29 is 14.3 Å². The van der Waals surface area contributed by atoms with Crippen LogP contribution in [0.15, 0.2) is 48.5 Å². The van der Waals surface area contributed by atoms with Gasteiger partial charge in [-0.25, -0.2) is 0 Å². The van der Waals surface area contributed by atoms with E-state index in [0.717, 1.165) is 29.7 Å². The van der Waals surface area contributed by atoms with Crippen molar-refractivity contribution in [1.29, 1.82) is 0 Å². The van der Waals surface area contributed by atoms with Crippen LogP contribution in [0.1, 0.15) is 67.1 Å². The zero-order valence-electron chi connectivity index (χ0n) is 16.3. The first-order valence-electron chi connectivity index (χ1n) is 9.70. The van der Waals surface area contributed by atoms with Crippen molar-refractivity contribution in [3.63, 3.8) is 0 Å². The second-order valence-electron chi connectivity index (χ2n) is 7.27. The van der Waals surface area contributed by atoms with Gasteiger partial charge in [0, 0.05) is 30.0 Å². The molecule has 4 nitrogen and oxygen atoms in total. The van der Waals surface area contributed by atoms with Gasteiger partial charge in [0.15, 0.2) is 0 Å². The third kappa shape index (κ3) is 4.21. The van der Waals surface area contributed by atoms with Crippen LogP contribution < -0.4 is 4.90 Å². The van der Waals surface area contributed by atoms with E-state index in [1.54, 1.807) is 0 Å². The molecule has 0 fully saturated rings. The summed E-state index contributed by atoms with van der Waals surface area (Å²) < 4.78 is 5.80. The average Bonchev–Trinajstić information content (AvgIpc) is 2.67. The Hall–Kier alpha value is -2.62. The minimum atomic E-state index is -0.306. The minimum absolute atomic E-state index is 0.0241. The molecule has 142 valence electrons. The first kappa shape index (κ1) is 19.2. The summed E-state index contributed by atoms with van der Waals surface area (Å²) >= 11 is 0. The highest BCUT2D eigenvalue weighted by Gasteiger charge is 2.36. The average molecular weight is 365 g/mol. The van der Waals surface area contributed by atoms with Crippen LogP contribution in [-0.4, -0.2) is 17.9 Å². The van der Waals surface area contributed by atoms with Crippen LogP contribution in [0, 0.1) is 6.92 Å². The van der Waals surface area contributed by atoms with E-state index >= 15 is 0 Å². The molecule has 2 aromatic carbocycles. The Balaban J connectivity index is 1.93. The van der Waals surface area contributed by atoms with E-state index in [0.29, 0.717) is 18.4 Å². The fourth-order valence-electron chi connectivity index (χ4n) is 3.61. The molecule has 0 N–H and O–H groups in total. The Labute approximate surface area is 161 Å². The number of benzene rings is 2. The van der Waals surface area contributed by atoms with Crippen molar-refractivity contribution in [3.8, 4) is 0 Å². The van der Waals surface area contributed by atoms with Gasteiger partial charge < -0.3 is 9.64 Å². The molecule has 0 radical (unpaired) electrons. The van der Waals surface area contributed by atoms with Crippen LogP contribution >= 0.6 is 0 Å². The van der Waals surface area contributed by atoms with Crippen LogP contribution in [0.25, 0.3) is 0 Å². The Kier molecular flexibility index (Phi) is 5.94. The number of fused-ring (bicyclic) bond motifs is 1. The van der Waals surface area contributed by atoms with Gasteiger partial charge >= 0.3 is 5.97 Å². The summed E-state index contributed by atoms with van der Waals surface area (Å²) in [6.45, 7) is 6.08. The molecule has 0 spiro atoms. The summed E-state index contributed by atoms with van der Waals surface area (Å²) in [4.78, 5) is 27.2. The second kappa shape index (κ2) is 8.38. The molecule has 2 aromatic rings. The fourth-order valence-corrected chi connectivity index (χ4v) is 3.61. The number of carbonyl (C=O) groups excluding carboxylic acids is 2. The van der Waals surface area contributed by atoms with Gasteiger partial charge in [-0.2, -0.15) is 0 Å². The first-order chi connectivity index (χ1) is 13.0. The van der Waals surface area contributed by atoms with Crippen molar-refractivity contribution in [2.75, 3.05) is 4.90 Å². The number of unbranched alkanes of at least 4 members (excludes halogenated alkanes) is 1. The van der Waals surface area contributed by atoms with Crippen LogP contribution in [0.5, 0.6) is 0 Å². The summed E-state index contributed by atoms with van der Waals surface area (Å²) in [6.07, 6.45) is 2.53. The number of aryl methyl sites for hydroxylation is 1. The molecule has 0 aromatic heterocycles. The summed E-state index contributed by atoms with van der Waals surface area (Å²) in [5.74, 6) is -0.187. The van der Waals surface area contributed by atoms with Crippen molar-refractivity contribution >= 4 is 17.6 Å². The summed E-state index contributed by atoms with van der Waals surface area (Å²) in [6, 6.07) is 15.2. The molecule has 0 saturated carbocycles. The monoisotopic (exact) mass is 365 g/mol. The van der Waals surface area contributed by atoms with Gasteiger partial charge in [0.05, 0.1) is 5.69 Å². The Morgan fingerprint density at radius 1 is 1.15 bits per heavy atom. The smallest absolute Gasteiger partial charge is 0.306 e. The maximum Gasteiger partial charge on any atom is 0.306 e. The number of carbonyl (C=O) groups is 2. The number of ether oxygens (including phenoxy) is 1. The van der Waals surface area contributed by atoms with E-state index in [2.05, 4.69) is 6.92 Å². The lowest BCUT2D eigenvalue weighted by Crippen LogP contribution is -2.44. The number of hydrogen-bond acceptors (Lipinski definition) is 3. The van der Waals surface area contributed by atoms with E-state index in [9.17, 15) is 9.59 Å². The third-order valence-electron chi connectivity index (χ3n) is 5.03. The van der Waals surface area contributed by atoms with Crippen molar-refractivity contribution in [1.82, 2.24) is 0 Å². The largest absolute Gasteiger partial charge is 0.457 e. The maximum absolute atomic E-state index is 13.1. The standard InChI is InChI=1S/C23H27NO3/c1-4-5-11-22(25)27-21-15-17(3)24(20-13-12-16(2)14-19(20)21)23(26)18-9-7-6-8-10-18/h6-10,12-14,17,21H,4-5,11,15H2,1-3H3/t17-,21+/m0/s1. The molecule has 0 unspecified atom stereocenters. The zero-order chi connectivity index (χ0) is 19.4. The van der Waals surface area contributed by atoms with E-state index in [1.807, 2.05) is 67.3 Å². The number of rotatable bonds is 5. The summed E-state index contributed by atoms with van der Waals surface area (Å²) in [7, 11) is 0. The number of esters is 1. The highest BCUT2D eigenvalue weighted by Crippen LogP contribution is 2.40. The van der Waals surface area contributed by atoms with Gasteiger partial charge in [-0.15, -0.1) is 0 Å². The highest BCUT2D eigenvalue weighted by molar-refractivity contribution is 6.07. The van der Waals surface area contributed by atoms with Gasteiger partial charge in [0.2, 0.25) is 0 Å². The normalized spacial score (nSPS) is 18.7. The number of amides is 1. The maximum atomic E-state index is 13.1. The van der Waals surface area contributed by atoms with Gasteiger partial charge in [0.1, 0.15) is 6.10 Å². The van der Waals surface area contributed by atoms with E-state index in [4.69, 9.17) is 4.74 Å². The predicted octanol–water partition coefficient (Wildman–Crippen LogP) is 5.21. The van der Waals surface area contributed by atoms with E-state index in [1.165, 1.54) is 0 Å².